The Balaban J connectivity index is 1.85. The zero-order valence-electron chi connectivity index (χ0n) is 14.9. The van der Waals surface area contributed by atoms with Gasteiger partial charge in [0, 0.05) is 18.8 Å². The first-order valence-corrected chi connectivity index (χ1v) is 8.72. The van der Waals surface area contributed by atoms with Crippen molar-refractivity contribution in [3.05, 3.63) is 27.2 Å². The van der Waals surface area contributed by atoms with Crippen LogP contribution in [0.1, 0.15) is 49.4 Å². The van der Waals surface area contributed by atoms with Gasteiger partial charge in [-0.3, -0.25) is 19.4 Å². The van der Waals surface area contributed by atoms with E-state index in [-0.39, 0.29) is 23.9 Å². The smallest absolute Gasteiger partial charge is 0.273 e. The molecule has 2 atom stereocenters. The van der Waals surface area contributed by atoms with Gasteiger partial charge < -0.3 is 5.32 Å². The van der Waals surface area contributed by atoms with Crippen molar-refractivity contribution in [1.82, 2.24) is 20.1 Å². The van der Waals surface area contributed by atoms with Crippen LogP contribution in [0.25, 0.3) is 11.0 Å². The fourth-order valence-corrected chi connectivity index (χ4v) is 3.86. The van der Waals surface area contributed by atoms with E-state index in [4.69, 9.17) is 0 Å². The third-order valence-corrected chi connectivity index (χ3v) is 5.37. The Bertz CT molecular complexity index is 834. The van der Waals surface area contributed by atoms with Gasteiger partial charge in [0.05, 0.1) is 11.8 Å². The minimum absolute atomic E-state index is 0.0217. The van der Waals surface area contributed by atoms with E-state index in [9.17, 15) is 9.59 Å². The molecule has 0 saturated heterocycles. The lowest BCUT2D eigenvalue weighted by atomic mass is 9.86. The first-order chi connectivity index (χ1) is 11.4. The minimum Gasteiger partial charge on any atom is -0.353 e. The van der Waals surface area contributed by atoms with Crippen LogP contribution < -0.4 is 10.9 Å². The van der Waals surface area contributed by atoms with E-state index < -0.39 is 0 Å². The van der Waals surface area contributed by atoms with E-state index in [2.05, 4.69) is 22.3 Å². The summed E-state index contributed by atoms with van der Waals surface area (Å²) in [6.45, 7) is 6.01. The molecule has 1 saturated carbocycles. The number of fused-ring (bicyclic) bond motifs is 1. The summed E-state index contributed by atoms with van der Waals surface area (Å²) in [7, 11) is 1.77. The third-order valence-electron chi connectivity index (χ3n) is 5.37. The van der Waals surface area contributed by atoms with Crippen molar-refractivity contribution in [2.45, 2.75) is 58.9 Å². The van der Waals surface area contributed by atoms with Gasteiger partial charge in [0.2, 0.25) is 5.91 Å². The van der Waals surface area contributed by atoms with Gasteiger partial charge in [-0.05, 0) is 43.7 Å². The van der Waals surface area contributed by atoms with Crippen LogP contribution in [0.3, 0.4) is 0 Å². The molecule has 1 amide bonds. The second-order valence-electron chi connectivity index (χ2n) is 7.11. The molecular weight excluding hydrogens is 304 g/mol. The highest BCUT2D eigenvalue weighted by molar-refractivity contribution is 5.84. The van der Waals surface area contributed by atoms with Gasteiger partial charge in [-0.15, -0.1) is 0 Å². The summed E-state index contributed by atoms with van der Waals surface area (Å²) in [5.41, 5.74) is 3.01. The molecule has 24 heavy (non-hydrogen) atoms. The summed E-state index contributed by atoms with van der Waals surface area (Å²) in [6.07, 6.45) is 4.94. The summed E-state index contributed by atoms with van der Waals surface area (Å²) in [5, 5.41) is 6.50. The Kier molecular flexibility index (Phi) is 4.47. The van der Waals surface area contributed by atoms with Crippen molar-refractivity contribution >= 4 is 16.9 Å². The highest BCUT2D eigenvalue weighted by Gasteiger charge is 2.24. The van der Waals surface area contributed by atoms with Crippen LogP contribution in [0, 0.1) is 19.8 Å². The highest BCUT2D eigenvalue weighted by atomic mass is 16.1. The van der Waals surface area contributed by atoms with Gasteiger partial charge in [-0.2, -0.15) is 0 Å². The number of hydrogen-bond donors (Lipinski definition) is 2. The largest absolute Gasteiger partial charge is 0.353 e. The number of aromatic amines is 1. The standard InChI is InChI=1S/C18H26N4O2/c1-10-7-5-6-8-14(10)20-15(23)9-13-11(2)16-17(19-12(13)3)22(4)21-18(16)24/h10,14H,5-9H2,1-4H3,(H,20,23)(H,21,24)/t10-,14+/m0/s1. The Morgan fingerprint density at radius 1 is 1.33 bits per heavy atom. The Morgan fingerprint density at radius 2 is 2.04 bits per heavy atom. The van der Waals surface area contributed by atoms with Gasteiger partial charge >= 0.3 is 0 Å². The van der Waals surface area contributed by atoms with Gasteiger partial charge in [-0.25, -0.2) is 4.98 Å². The van der Waals surface area contributed by atoms with E-state index in [1.807, 2.05) is 13.8 Å². The summed E-state index contributed by atoms with van der Waals surface area (Å²) in [6, 6.07) is 0.267. The fourth-order valence-electron chi connectivity index (χ4n) is 3.86. The van der Waals surface area contributed by atoms with E-state index in [0.29, 0.717) is 17.0 Å². The van der Waals surface area contributed by atoms with Crippen molar-refractivity contribution < 1.29 is 4.79 Å². The van der Waals surface area contributed by atoms with Crippen LogP contribution in [0.5, 0.6) is 0 Å². The number of H-pyrrole nitrogens is 1. The monoisotopic (exact) mass is 330 g/mol. The molecule has 1 aliphatic rings. The molecule has 0 radical (unpaired) electrons. The molecule has 0 unspecified atom stereocenters. The molecule has 2 aromatic rings. The Morgan fingerprint density at radius 3 is 2.75 bits per heavy atom. The maximum atomic E-state index is 12.5. The first-order valence-electron chi connectivity index (χ1n) is 8.72. The molecular formula is C18H26N4O2. The third kappa shape index (κ3) is 2.97. The Labute approximate surface area is 141 Å². The normalized spacial score (nSPS) is 21.2. The highest BCUT2D eigenvalue weighted by Crippen LogP contribution is 2.24. The van der Waals surface area contributed by atoms with Crippen molar-refractivity contribution in [2.75, 3.05) is 0 Å². The van der Waals surface area contributed by atoms with Gasteiger partial charge in [0.25, 0.3) is 5.56 Å². The zero-order valence-corrected chi connectivity index (χ0v) is 14.9. The number of nitrogens with zero attached hydrogens (tertiary/aromatic N) is 2. The molecule has 0 aliphatic heterocycles. The van der Waals surface area contributed by atoms with Crippen molar-refractivity contribution in [1.29, 1.82) is 0 Å². The lowest BCUT2D eigenvalue weighted by Crippen LogP contribution is -2.41. The van der Waals surface area contributed by atoms with E-state index >= 15 is 0 Å². The number of amides is 1. The van der Waals surface area contributed by atoms with E-state index in [1.165, 1.54) is 19.3 Å². The number of hydrogen-bond acceptors (Lipinski definition) is 3. The molecule has 2 N–H and O–H groups in total. The number of carbonyl (C=O) groups is 1. The second-order valence-corrected chi connectivity index (χ2v) is 7.11. The summed E-state index contributed by atoms with van der Waals surface area (Å²) in [4.78, 5) is 29.2. The van der Waals surface area contributed by atoms with Gasteiger partial charge in [-0.1, -0.05) is 19.8 Å². The molecule has 6 heteroatoms. The molecule has 0 spiro atoms. The molecule has 3 rings (SSSR count). The van der Waals surface area contributed by atoms with Crippen molar-refractivity contribution in [2.24, 2.45) is 13.0 Å². The number of rotatable bonds is 3. The summed E-state index contributed by atoms with van der Waals surface area (Å²) < 4.78 is 1.63. The quantitative estimate of drug-likeness (QED) is 0.904. The predicted molar refractivity (Wildman–Crippen MR) is 94.1 cm³/mol. The zero-order chi connectivity index (χ0) is 17.4. The first kappa shape index (κ1) is 16.7. The predicted octanol–water partition coefficient (Wildman–Crippen LogP) is 2.12. The number of aromatic nitrogens is 3. The average Bonchev–Trinajstić information content (AvgIpc) is 2.80. The topological polar surface area (TPSA) is 79.8 Å². The van der Waals surface area contributed by atoms with Crippen molar-refractivity contribution in [3.8, 4) is 0 Å². The molecule has 0 aromatic carbocycles. The average molecular weight is 330 g/mol. The minimum atomic E-state index is -0.153. The van der Waals surface area contributed by atoms with Gasteiger partial charge in [0.15, 0.2) is 5.65 Å². The molecule has 2 heterocycles. The fraction of sp³-hybridized carbons (Fsp3) is 0.611. The lowest BCUT2D eigenvalue weighted by Gasteiger charge is -2.29. The SMILES string of the molecule is Cc1nc2c(c(C)c1CC(=O)N[C@@H]1CCCC[C@@H]1C)c(=O)[nH]n2C. The number of nitrogens with one attached hydrogen (secondary N) is 2. The maximum absolute atomic E-state index is 12.5. The second kappa shape index (κ2) is 6.42. The number of pyridine rings is 1. The molecule has 6 nitrogen and oxygen atoms in total. The van der Waals surface area contributed by atoms with E-state index in [0.717, 1.165) is 23.2 Å². The van der Waals surface area contributed by atoms with Crippen LogP contribution in [-0.4, -0.2) is 26.7 Å². The van der Waals surface area contributed by atoms with Gasteiger partial charge in [0.1, 0.15) is 0 Å². The maximum Gasteiger partial charge on any atom is 0.273 e. The van der Waals surface area contributed by atoms with Crippen LogP contribution in [0.15, 0.2) is 4.79 Å². The number of carbonyl (C=O) groups excluding carboxylic acids is 1. The molecule has 1 fully saturated rings. The van der Waals surface area contributed by atoms with Crippen molar-refractivity contribution in [3.63, 3.8) is 0 Å². The summed E-state index contributed by atoms with van der Waals surface area (Å²) >= 11 is 0. The van der Waals surface area contributed by atoms with Crippen LogP contribution >= 0.6 is 0 Å². The molecule has 0 bridgehead atoms. The van der Waals surface area contributed by atoms with Crippen LogP contribution in [-0.2, 0) is 18.3 Å². The molecule has 130 valence electrons. The Hall–Kier alpha value is -2.11. The lowest BCUT2D eigenvalue weighted by molar-refractivity contribution is -0.121. The number of aryl methyl sites for hydroxylation is 3. The van der Waals surface area contributed by atoms with E-state index in [1.54, 1.807) is 11.7 Å². The molecule has 2 aromatic heterocycles. The molecule has 1 aliphatic carbocycles. The van der Waals surface area contributed by atoms with Crippen LogP contribution in [0.4, 0.5) is 0 Å². The summed E-state index contributed by atoms with van der Waals surface area (Å²) in [5.74, 6) is 0.552. The van der Waals surface area contributed by atoms with Crippen LogP contribution in [0.2, 0.25) is 0 Å².